The van der Waals surface area contributed by atoms with Gasteiger partial charge in [0.2, 0.25) is 0 Å². The molecule has 1 N–H and O–H groups in total. The summed E-state index contributed by atoms with van der Waals surface area (Å²) in [6.07, 6.45) is 11.7. The normalized spacial score (nSPS) is 15.2. The fraction of sp³-hybridized carbons (Fsp3) is 1.00. The molecule has 0 aromatic heterocycles. The van der Waals surface area contributed by atoms with Crippen LogP contribution in [0.2, 0.25) is 0 Å². The molecular weight excluding hydrogens is 208 g/mol. The van der Waals surface area contributed by atoms with Gasteiger partial charge in [0.05, 0.1) is 6.10 Å². The summed E-state index contributed by atoms with van der Waals surface area (Å²) in [6, 6.07) is 0. The molecule has 0 aromatic rings. The lowest BCUT2D eigenvalue weighted by molar-refractivity contribution is 0.155. The molecule has 0 saturated carbocycles. The van der Waals surface area contributed by atoms with Crippen LogP contribution in [0.3, 0.4) is 0 Å². The van der Waals surface area contributed by atoms with Gasteiger partial charge in [-0.05, 0) is 25.2 Å². The number of unbranched alkanes of at least 4 members (excludes halogenated alkanes) is 4. The maximum absolute atomic E-state index is 9.38. The third kappa shape index (κ3) is 12.2. The molecule has 0 aliphatic rings. The third-order valence-corrected chi connectivity index (χ3v) is 3.65. The van der Waals surface area contributed by atoms with Gasteiger partial charge in [-0.1, -0.05) is 72.1 Å². The molecule has 1 nitrogen and oxygen atoms in total. The first-order valence-corrected chi connectivity index (χ1v) is 7.74. The van der Waals surface area contributed by atoms with Crippen LogP contribution in [0.15, 0.2) is 0 Å². The molecule has 0 bridgehead atoms. The fourth-order valence-corrected chi connectivity index (χ4v) is 2.49. The van der Waals surface area contributed by atoms with Crippen LogP contribution in [0.25, 0.3) is 0 Å². The van der Waals surface area contributed by atoms with Crippen LogP contribution >= 0.6 is 0 Å². The Morgan fingerprint density at radius 2 is 1.35 bits per heavy atom. The molecular formula is C16H34O. The van der Waals surface area contributed by atoms with Crippen LogP contribution in [-0.4, -0.2) is 11.2 Å². The highest BCUT2D eigenvalue weighted by molar-refractivity contribution is 4.61. The van der Waals surface area contributed by atoms with E-state index in [1.807, 2.05) is 6.92 Å². The van der Waals surface area contributed by atoms with Gasteiger partial charge < -0.3 is 5.11 Å². The van der Waals surface area contributed by atoms with Crippen molar-refractivity contribution in [2.75, 3.05) is 0 Å². The van der Waals surface area contributed by atoms with Crippen molar-refractivity contribution in [1.82, 2.24) is 0 Å². The molecule has 0 amide bonds. The zero-order chi connectivity index (χ0) is 13.1. The number of aliphatic hydroxyl groups is 1. The number of hydrogen-bond acceptors (Lipinski definition) is 1. The summed E-state index contributed by atoms with van der Waals surface area (Å²) in [4.78, 5) is 0. The molecule has 0 radical (unpaired) electrons. The van der Waals surface area contributed by atoms with E-state index < -0.39 is 0 Å². The molecule has 17 heavy (non-hydrogen) atoms. The van der Waals surface area contributed by atoms with Gasteiger partial charge in [-0.15, -0.1) is 0 Å². The standard InChI is InChI=1S/C16H34O/c1-5-16(13-15(4)17)12-10-8-6-7-9-11-14(2)3/h14-17H,5-13H2,1-4H3. The van der Waals surface area contributed by atoms with Crippen molar-refractivity contribution < 1.29 is 5.11 Å². The van der Waals surface area contributed by atoms with E-state index in [1.165, 1.54) is 51.4 Å². The second kappa shape index (κ2) is 11.1. The number of rotatable bonds is 11. The van der Waals surface area contributed by atoms with Crippen LogP contribution in [0.4, 0.5) is 0 Å². The van der Waals surface area contributed by atoms with Crippen LogP contribution in [0.1, 0.15) is 85.5 Å². The smallest absolute Gasteiger partial charge is 0.0514 e. The lowest BCUT2D eigenvalue weighted by atomic mass is 9.92. The van der Waals surface area contributed by atoms with Gasteiger partial charge in [-0.25, -0.2) is 0 Å². The average Bonchev–Trinajstić information content (AvgIpc) is 2.25. The SMILES string of the molecule is CCC(CCCCCCCC(C)C)CC(C)O. The summed E-state index contributed by atoms with van der Waals surface area (Å²) in [5.74, 6) is 1.61. The monoisotopic (exact) mass is 242 g/mol. The topological polar surface area (TPSA) is 20.2 Å². The third-order valence-electron chi connectivity index (χ3n) is 3.65. The van der Waals surface area contributed by atoms with Gasteiger partial charge in [-0.2, -0.15) is 0 Å². The van der Waals surface area contributed by atoms with Crippen molar-refractivity contribution in [2.24, 2.45) is 11.8 Å². The molecule has 104 valence electrons. The van der Waals surface area contributed by atoms with E-state index in [9.17, 15) is 5.11 Å². The van der Waals surface area contributed by atoms with Crippen molar-refractivity contribution in [3.63, 3.8) is 0 Å². The molecule has 1 heteroatoms. The zero-order valence-electron chi connectivity index (χ0n) is 12.5. The molecule has 0 aliphatic heterocycles. The van der Waals surface area contributed by atoms with Crippen molar-refractivity contribution >= 4 is 0 Å². The summed E-state index contributed by atoms with van der Waals surface area (Å²) < 4.78 is 0. The van der Waals surface area contributed by atoms with Crippen LogP contribution in [-0.2, 0) is 0 Å². The molecule has 0 aromatic carbocycles. The summed E-state index contributed by atoms with van der Waals surface area (Å²) in [5.41, 5.74) is 0. The summed E-state index contributed by atoms with van der Waals surface area (Å²) in [7, 11) is 0. The maximum atomic E-state index is 9.38. The summed E-state index contributed by atoms with van der Waals surface area (Å²) in [5, 5.41) is 9.38. The highest BCUT2D eigenvalue weighted by Crippen LogP contribution is 2.20. The minimum atomic E-state index is -0.119. The number of hydrogen-bond donors (Lipinski definition) is 1. The Morgan fingerprint density at radius 1 is 0.824 bits per heavy atom. The molecule has 0 saturated heterocycles. The predicted octanol–water partition coefficient (Wildman–Crippen LogP) is 5.17. The van der Waals surface area contributed by atoms with E-state index in [0.717, 1.165) is 18.3 Å². The highest BCUT2D eigenvalue weighted by Gasteiger charge is 2.08. The Kier molecular flexibility index (Phi) is 11.0. The van der Waals surface area contributed by atoms with Gasteiger partial charge >= 0.3 is 0 Å². The molecule has 0 aliphatic carbocycles. The number of aliphatic hydroxyl groups excluding tert-OH is 1. The first kappa shape index (κ1) is 17.0. The molecule has 2 atom stereocenters. The van der Waals surface area contributed by atoms with Crippen molar-refractivity contribution in [1.29, 1.82) is 0 Å². The van der Waals surface area contributed by atoms with E-state index in [1.54, 1.807) is 0 Å². The van der Waals surface area contributed by atoms with Crippen LogP contribution < -0.4 is 0 Å². The van der Waals surface area contributed by atoms with Gasteiger partial charge in [0.25, 0.3) is 0 Å². The quantitative estimate of drug-likeness (QED) is 0.496. The van der Waals surface area contributed by atoms with Gasteiger partial charge in [0.15, 0.2) is 0 Å². The van der Waals surface area contributed by atoms with Gasteiger partial charge in [-0.3, -0.25) is 0 Å². The predicted molar refractivity (Wildman–Crippen MR) is 77.2 cm³/mol. The molecule has 0 heterocycles. The van der Waals surface area contributed by atoms with E-state index in [4.69, 9.17) is 0 Å². The second-order valence-electron chi connectivity index (χ2n) is 6.10. The van der Waals surface area contributed by atoms with E-state index in [2.05, 4.69) is 20.8 Å². The summed E-state index contributed by atoms with van der Waals surface area (Å²) in [6.45, 7) is 8.77. The lowest BCUT2D eigenvalue weighted by Gasteiger charge is -2.16. The first-order chi connectivity index (χ1) is 8.06. The fourth-order valence-electron chi connectivity index (χ4n) is 2.49. The van der Waals surface area contributed by atoms with E-state index >= 15 is 0 Å². The van der Waals surface area contributed by atoms with Gasteiger partial charge in [0.1, 0.15) is 0 Å². The first-order valence-electron chi connectivity index (χ1n) is 7.74. The average molecular weight is 242 g/mol. The van der Waals surface area contributed by atoms with E-state index in [0.29, 0.717) is 0 Å². The van der Waals surface area contributed by atoms with Gasteiger partial charge in [0, 0.05) is 0 Å². The Balaban J connectivity index is 3.31. The van der Waals surface area contributed by atoms with E-state index in [-0.39, 0.29) is 6.10 Å². The van der Waals surface area contributed by atoms with Crippen LogP contribution in [0, 0.1) is 11.8 Å². The molecule has 0 spiro atoms. The zero-order valence-corrected chi connectivity index (χ0v) is 12.5. The Bertz CT molecular complexity index is 152. The Labute approximate surface area is 109 Å². The second-order valence-corrected chi connectivity index (χ2v) is 6.10. The lowest BCUT2D eigenvalue weighted by Crippen LogP contribution is -2.09. The molecule has 0 rings (SSSR count). The largest absolute Gasteiger partial charge is 0.393 e. The van der Waals surface area contributed by atoms with Crippen molar-refractivity contribution in [3.8, 4) is 0 Å². The van der Waals surface area contributed by atoms with Crippen LogP contribution in [0.5, 0.6) is 0 Å². The van der Waals surface area contributed by atoms with Crippen molar-refractivity contribution in [3.05, 3.63) is 0 Å². The van der Waals surface area contributed by atoms with Crippen molar-refractivity contribution in [2.45, 2.75) is 91.6 Å². The maximum Gasteiger partial charge on any atom is 0.0514 e. The summed E-state index contributed by atoms with van der Waals surface area (Å²) >= 11 is 0. The molecule has 0 fully saturated rings. The molecule has 2 unspecified atom stereocenters. The Hall–Kier alpha value is -0.0400. The minimum Gasteiger partial charge on any atom is -0.393 e. The Morgan fingerprint density at radius 3 is 1.82 bits per heavy atom. The highest BCUT2D eigenvalue weighted by atomic mass is 16.3. The minimum absolute atomic E-state index is 0.119.